The molecule has 0 atom stereocenters. The fourth-order valence-corrected chi connectivity index (χ4v) is 2.76. The summed E-state index contributed by atoms with van der Waals surface area (Å²) in [4.78, 5) is 24.9. The fourth-order valence-electron chi connectivity index (χ4n) is 2.38. The average Bonchev–Trinajstić information content (AvgIpc) is 2.48. The van der Waals surface area contributed by atoms with Crippen molar-refractivity contribution in [1.29, 1.82) is 0 Å². The zero-order chi connectivity index (χ0) is 17.0. The molecule has 6 heteroatoms. The van der Waals surface area contributed by atoms with Gasteiger partial charge in [-0.05, 0) is 39.0 Å². The summed E-state index contributed by atoms with van der Waals surface area (Å²) in [5.74, 6) is 0.582. The molecule has 1 aliphatic rings. The van der Waals surface area contributed by atoms with Crippen molar-refractivity contribution < 1.29 is 19.1 Å². The average molecular weight is 384 g/mol. The maximum atomic E-state index is 12.0. The van der Waals surface area contributed by atoms with Crippen LogP contribution in [0.3, 0.4) is 0 Å². The van der Waals surface area contributed by atoms with Gasteiger partial charge in [0.2, 0.25) is 0 Å². The van der Waals surface area contributed by atoms with Crippen LogP contribution in [0, 0.1) is 0 Å². The molecule has 0 bridgehead atoms. The van der Waals surface area contributed by atoms with Crippen LogP contribution in [0.2, 0.25) is 0 Å². The zero-order valence-electron chi connectivity index (χ0n) is 13.7. The number of hydrogen-bond donors (Lipinski definition) is 0. The quantitative estimate of drug-likeness (QED) is 0.739. The van der Waals surface area contributed by atoms with Gasteiger partial charge >= 0.3 is 6.09 Å². The second-order valence-corrected chi connectivity index (χ2v) is 7.50. The van der Waals surface area contributed by atoms with E-state index in [2.05, 4.69) is 15.9 Å². The van der Waals surface area contributed by atoms with Crippen LogP contribution >= 0.6 is 15.9 Å². The smallest absolute Gasteiger partial charge is 0.410 e. The van der Waals surface area contributed by atoms with Crippen molar-refractivity contribution in [3.8, 4) is 5.75 Å². The third-order valence-electron chi connectivity index (χ3n) is 3.49. The molecule has 1 aliphatic heterocycles. The van der Waals surface area contributed by atoms with Crippen molar-refractivity contribution in [3.63, 3.8) is 0 Å². The first-order chi connectivity index (χ1) is 10.8. The molecule has 2 rings (SSSR count). The van der Waals surface area contributed by atoms with Gasteiger partial charge in [-0.2, -0.15) is 0 Å². The van der Waals surface area contributed by atoms with E-state index in [-0.39, 0.29) is 12.2 Å². The number of likely N-dealkylation sites (tertiary alicyclic amines) is 1. The molecular formula is C17H22BrNO4. The SMILES string of the molecule is CC(C)(C)OC(=O)N1CCC(Oc2ccc(Br)cc2C=O)CC1. The maximum absolute atomic E-state index is 12.0. The first kappa shape index (κ1) is 17.8. The van der Waals surface area contributed by atoms with E-state index < -0.39 is 5.60 Å². The number of carbonyl (C=O) groups is 2. The first-order valence-electron chi connectivity index (χ1n) is 7.68. The molecule has 0 aromatic heterocycles. The third-order valence-corrected chi connectivity index (χ3v) is 3.98. The van der Waals surface area contributed by atoms with Crippen LogP contribution in [0.25, 0.3) is 0 Å². The lowest BCUT2D eigenvalue weighted by molar-refractivity contribution is 0.0126. The maximum Gasteiger partial charge on any atom is 0.410 e. The molecular weight excluding hydrogens is 362 g/mol. The van der Waals surface area contributed by atoms with Gasteiger partial charge in [-0.25, -0.2) is 4.79 Å². The van der Waals surface area contributed by atoms with Gasteiger partial charge in [-0.3, -0.25) is 4.79 Å². The summed E-state index contributed by atoms with van der Waals surface area (Å²) in [7, 11) is 0. The van der Waals surface area contributed by atoms with Crippen molar-refractivity contribution in [1.82, 2.24) is 4.90 Å². The molecule has 0 N–H and O–H groups in total. The standard InChI is InChI=1S/C17H22BrNO4/c1-17(2,3)23-16(21)19-8-6-14(7-9-19)22-15-5-4-13(18)10-12(15)11-20/h4-5,10-11,14H,6-9H2,1-3H3. The number of nitrogens with zero attached hydrogens (tertiary/aromatic N) is 1. The summed E-state index contributed by atoms with van der Waals surface area (Å²) >= 11 is 3.34. The Hall–Kier alpha value is -1.56. The highest BCUT2D eigenvalue weighted by Gasteiger charge is 2.27. The minimum absolute atomic E-state index is 0.00596. The number of hydrogen-bond acceptors (Lipinski definition) is 4. The summed E-state index contributed by atoms with van der Waals surface area (Å²) in [5, 5.41) is 0. The molecule has 0 saturated carbocycles. The molecule has 126 valence electrons. The minimum atomic E-state index is -0.485. The predicted molar refractivity (Wildman–Crippen MR) is 91.0 cm³/mol. The summed E-state index contributed by atoms with van der Waals surface area (Å²) in [6.45, 7) is 6.75. The van der Waals surface area contributed by atoms with Crippen LogP contribution < -0.4 is 4.74 Å². The van der Waals surface area contributed by atoms with E-state index in [1.165, 1.54) is 0 Å². The lowest BCUT2D eigenvalue weighted by Gasteiger charge is -2.33. The predicted octanol–water partition coefficient (Wildman–Crippen LogP) is 4.04. The van der Waals surface area contributed by atoms with Crippen molar-refractivity contribution >= 4 is 28.3 Å². The van der Waals surface area contributed by atoms with Crippen LogP contribution in [0.15, 0.2) is 22.7 Å². The fraction of sp³-hybridized carbons (Fsp3) is 0.529. The van der Waals surface area contributed by atoms with Crippen LogP contribution in [0.1, 0.15) is 44.0 Å². The number of rotatable bonds is 3. The van der Waals surface area contributed by atoms with Gasteiger partial charge in [0.1, 0.15) is 17.5 Å². The largest absolute Gasteiger partial charge is 0.490 e. The van der Waals surface area contributed by atoms with Crippen molar-refractivity contribution in [2.75, 3.05) is 13.1 Å². The molecule has 1 aromatic carbocycles. The highest BCUT2D eigenvalue weighted by Crippen LogP contribution is 2.25. The number of amides is 1. The van der Waals surface area contributed by atoms with E-state index in [1.54, 1.807) is 17.0 Å². The van der Waals surface area contributed by atoms with Gasteiger partial charge in [0.15, 0.2) is 6.29 Å². The molecule has 5 nitrogen and oxygen atoms in total. The molecule has 0 radical (unpaired) electrons. The van der Waals surface area contributed by atoms with Gasteiger partial charge < -0.3 is 14.4 Å². The summed E-state index contributed by atoms with van der Waals surface area (Å²) in [6.07, 6.45) is 1.93. The topological polar surface area (TPSA) is 55.8 Å². The molecule has 0 unspecified atom stereocenters. The van der Waals surface area contributed by atoms with Crippen molar-refractivity contribution in [2.45, 2.75) is 45.3 Å². The minimum Gasteiger partial charge on any atom is -0.490 e. The van der Waals surface area contributed by atoms with E-state index in [4.69, 9.17) is 9.47 Å². The molecule has 1 amide bonds. The summed E-state index contributed by atoms with van der Waals surface area (Å²) < 4.78 is 12.1. The highest BCUT2D eigenvalue weighted by molar-refractivity contribution is 9.10. The normalized spacial score (nSPS) is 16.1. The number of piperidine rings is 1. The highest BCUT2D eigenvalue weighted by atomic mass is 79.9. The van der Waals surface area contributed by atoms with Gasteiger partial charge in [0.25, 0.3) is 0 Å². The number of benzene rings is 1. The third kappa shape index (κ3) is 5.23. The Kier molecular flexibility index (Phi) is 5.68. The van der Waals surface area contributed by atoms with Gasteiger partial charge in [0.05, 0.1) is 5.56 Å². The lowest BCUT2D eigenvalue weighted by Crippen LogP contribution is -2.44. The van der Waals surface area contributed by atoms with Gasteiger partial charge in [-0.15, -0.1) is 0 Å². The van der Waals surface area contributed by atoms with Crippen LogP contribution in [-0.4, -0.2) is 42.1 Å². The molecule has 1 heterocycles. The summed E-state index contributed by atoms with van der Waals surface area (Å²) in [5.41, 5.74) is 0.0368. The molecule has 0 aliphatic carbocycles. The van der Waals surface area contributed by atoms with Crippen molar-refractivity contribution in [3.05, 3.63) is 28.2 Å². The molecule has 1 fully saturated rings. The van der Waals surface area contributed by atoms with E-state index in [1.807, 2.05) is 26.8 Å². The number of aldehydes is 1. The summed E-state index contributed by atoms with van der Waals surface area (Å²) in [6, 6.07) is 5.37. The van der Waals surface area contributed by atoms with Gasteiger partial charge in [-0.1, -0.05) is 15.9 Å². The number of carbonyl (C=O) groups excluding carboxylic acids is 2. The Labute approximate surface area is 145 Å². The monoisotopic (exact) mass is 383 g/mol. The Balaban J connectivity index is 1.90. The Morgan fingerprint density at radius 1 is 1.30 bits per heavy atom. The zero-order valence-corrected chi connectivity index (χ0v) is 15.3. The first-order valence-corrected chi connectivity index (χ1v) is 8.47. The molecule has 0 spiro atoms. The van der Waals surface area contributed by atoms with E-state index in [0.29, 0.717) is 37.2 Å². The van der Waals surface area contributed by atoms with E-state index >= 15 is 0 Å². The van der Waals surface area contributed by atoms with Crippen LogP contribution in [-0.2, 0) is 4.74 Å². The van der Waals surface area contributed by atoms with Crippen molar-refractivity contribution in [2.24, 2.45) is 0 Å². The Bertz CT molecular complexity index is 574. The second kappa shape index (κ2) is 7.34. The Morgan fingerprint density at radius 2 is 1.96 bits per heavy atom. The molecule has 23 heavy (non-hydrogen) atoms. The number of halogens is 1. The number of ether oxygens (including phenoxy) is 2. The van der Waals surface area contributed by atoms with E-state index in [0.717, 1.165) is 10.8 Å². The molecule has 1 aromatic rings. The lowest BCUT2D eigenvalue weighted by atomic mass is 10.1. The van der Waals surface area contributed by atoms with Crippen LogP contribution in [0.4, 0.5) is 4.79 Å². The van der Waals surface area contributed by atoms with Crippen LogP contribution in [0.5, 0.6) is 5.75 Å². The molecule has 1 saturated heterocycles. The van der Waals surface area contributed by atoms with E-state index in [9.17, 15) is 9.59 Å². The second-order valence-electron chi connectivity index (χ2n) is 6.58. The van der Waals surface area contributed by atoms with Gasteiger partial charge in [0, 0.05) is 30.4 Å². The Morgan fingerprint density at radius 3 is 2.52 bits per heavy atom.